The fourth-order valence-electron chi connectivity index (χ4n) is 3.17. The number of benzene rings is 2. The first-order valence-corrected chi connectivity index (χ1v) is 10.7. The van der Waals surface area contributed by atoms with Gasteiger partial charge in [0.05, 0.1) is 34.7 Å². The van der Waals surface area contributed by atoms with Crippen LogP contribution in [-0.4, -0.2) is 31.3 Å². The van der Waals surface area contributed by atoms with Crippen molar-refractivity contribution in [1.29, 1.82) is 0 Å². The second-order valence-corrected chi connectivity index (χ2v) is 7.84. The third-order valence-corrected chi connectivity index (χ3v) is 5.72. The Balaban J connectivity index is 1.51. The van der Waals surface area contributed by atoms with E-state index in [1.54, 1.807) is 37.5 Å². The maximum atomic E-state index is 12.5. The van der Waals surface area contributed by atoms with Crippen LogP contribution in [0.25, 0.3) is 11.6 Å². The van der Waals surface area contributed by atoms with E-state index in [-0.39, 0.29) is 17.3 Å². The van der Waals surface area contributed by atoms with Crippen LogP contribution in [0.1, 0.15) is 11.1 Å². The largest absolute Gasteiger partial charge is 0.461 e. The van der Waals surface area contributed by atoms with Gasteiger partial charge in [-0.15, -0.1) is 10.2 Å². The first kappa shape index (κ1) is 21.3. The summed E-state index contributed by atoms with van der Waals surface area (Å²) >= 11 is 1.23. The lowest BCUT2D eigenvalue weighted by atomic mass is 10.1. The van der Waals surface area contributed by atoms with Crippen LogP contribution < -0.4 is 5.32 Å². The van der Waals surface area contributed by atoms with Gasteiger partial charge >= 0.3 is 0 Å². The molecule has 0 unspecified atom stereocenters. The van der Waals surface area contributed by atoms with E-state index < -0.39 is 4.92 Å². The van der Waals surface area contributed by atoms with Gasteiger partial charge in [-0.1, -0.05) is 48.2 Å². The van der Waals surface area contributed by atoms with Gasteiger partial charge in [0, 0.05) is 6.07 Å². The van der Waals surface area contributed by atoms with Crippen LogP contribution in [0.2, 0.25) is 0 Å². The van der Waals surface area contributed by atoms with Crippen molar-refractivity contribution in [3.63, 3.8) is 0 Å². The fraction of sp³-hybridized carbons (Fsp3) is 0.136. The highest BCUT2D eigenvalue weighted by molar-refractivity contribution is 7.99. The number of aromatic nitrogens is 3. The van der Waals surface area contributed by atoms with Gasteiger partial charge in [-0.3, -0.25) is 19.5 Å². The molecule has 0 aliphatic carbocycles. The van der Waals surface area contributed by atoms with Gasteiger partial charge in [0.25, 0.3) is 5.69 Å². The third kappa shape index (κ3) is 4.70. The molecule has 2 aromatic heterocycles. The maximum Gasteiger partial charge on any atom is 0.274 e. The first-order valence-electron chi connectivity index (χ1n) is 9.70. The minimum absolute atomic E-state index is 0.0406. The smallest absolute Gasteiger partial charge is 0.274 e. The van der Waals surface area contributed by atoms with E-state index in [2.05, 4.69) is 15.5 Å². The fourth-order valence-corrected chi connectivity index (χ4v) is 3.90. The van der Waals surface area contributed by atoms with E-state index in [9.17, 15) is 14.9 Å². The van der Waals surface area contributed by atoms with Crippen molar-refractivity contribution in [2.45, 2.75) is 18.6 Å². The van der Waals surface area contributed by atoms with Crippen molar-refractivity contribution in [3.8, 4) is 11.6 Å². The molecule has 0 fully saturated rings. The van der Waals surface area contributed by atoms with E-state index in [4.69, 9.17) is 4.42 Å². The number of nitrogens with one attached hydrogen (secondary N) is 1. The molecule has 0 aliphatic rings. The zero-order valence-electron chi connectivity index (χ0n) is 17.1. The quantitative estimate of drug-likeness (QED) is 0.239. The number of thioether (sulfide) groups is 1. The van der Waals surface area contributed by atoms with E-state index in [1.807, 2.05) is 34.9 Å². The van der Waals surface area contributed by atoms with Crippen LogP contribution in [0.3, 0.4) is 0 Å². The van der Waals surface area contributed by atoms with Crippen LogP contribution in [0.15, 0.2) is 76.5 Å². The van der Waals surface area contributed by atoms with Crippen LogP contribution in [-0.2, 0) is 11.3 Å². The SMILES string of the molecule is Cc1c(NC(=O)CSc2nnc(-c3ccco3)n2Cc2ccccc2)cccc1[N+](=O)[O-]. The summed E-state index contributed by atoms with van der Waals surface area (Å²) in [6.07, 6.45) is 1.57. The Kier molecular flexibility index (Phi) is 6.31. The Morgan fingerprint density at radius 2 is 1.94 bits per heavy atom. The number of carbonyl (C=O) groups excluding carboxylic acids is 1. The topological polar surface area (TPSA) is 116 Å². The average Bonchev–Trinajstić information content (AvgIpc) is 3.44. The lowest BCUT2D eigenvalue weighted by Crippen LogP contribution is -2.16. The van der Waals surface area contributed by atoms with Crippen molar-refractivity contribution in [2.24, 2.45) is 0 Å². The summed E-state index contributed by atoms with van der Waals surface area (Å²) in [6.45, 7) is 2.12. The molecule has 4 rings (SSSR count). The molecule has 1 N–H and O–H groups in total. The van der Waals surface area contributed by atoms with Crippen LogP contribution in [0.5, 0.6) is 0 Å². The standard InChI is InChI=1S/C22H19N5O4S/c1-15-17(9-5-10-18(15)27(29)30)23-20(28)14-32-22-25-24-21(19-11-6-12-31-19)26(22)13-16-7-3-2-4-8-16/h2-12H,13-14H2,1H3,(H,23,28). The monoisotopic (exact) mass is 449 g/mol. The van der Waals surface area contributed by atoms with Crippen LogP contribution in [0.4, 0.5) is 11.4 Å². The van der Waals surface area contributed by atoms with Crippen molar-refractivity contribution >= 4 is 29.0 Å². The van der Waals surface area contributed by atoms with Crippen molar-refractivity contribution in [2.75, 3.05) is 11.1 Å². The van der Waals surface area contributed by atoms with Crippen molar-refractivity contribution in [3.05, 3.63) is 88.2 Å². The van der Waals surface area contributed by atoms with Gasteiger partial charge < -0.3 is 9.73 Å². The molecule has 32 heavy (non-hydrogen) atoms. The van der Waals surface area contributed by atoms with Gasteiger partial charge in [-0.25, -0.2) is 0 Å². The number of anilines is 1. The Hall–Kier alpha value is -3.92. The van der Waals surface area contributed by atoms with E-state index in [1.165, 1.54) is 17.8 Å². The van der Waals surface area contributed by atoms with Gasteiger partial charge in [-0.05, 0) is 30.7 Å². The van der Waals surface area contributed by atoms with E-state index >= 15 is 0 Å². The molecule has 1 amide bonds. The highest BCUT2D eigenvalue weighted by atomic mass is 32.2. The highest BCUT2D eigenvalue weighted by Crippen LogP contribution is 2.27. The summed E-state index contributed by atoms with van der Waals surface area (Å²) in [5.74, 6) is 0.911. The third-order valence-electron chi connectivity index (χ3n) is 4.75. The molecule has 0 spiro atoms. The number of nitrogens with zero attached hydrogens (tertiary/aromatic N) is 4. The highest BCUT2D eigenvalue weighted by Gasteiger charge is 2.19. The molecule has 0 atom stereocenters. The van der Waals surface area contributed by atoms with Crippen molar-refractivity contribution in [1.82, 2.24) is 14.8 Å². The lowest BCUT2D eigenvalue weighted by molar-refractivity contribution is -0.385. The summed E-state index contributed by atoms with van der Waals surface area (Å²) < 4.78 is 7.39. The van der Waals surface area contributed by atoms with Gasteiger partial charge in [0.15, 0.2) is 10.9 Å². The molecule has 4 aromatic rings. The number of carbonyl (C=O) groups is 1. The molecular weight excluding hydrogens is 430 g/mol. The van der Waals surface area contributed by atoms with Crippen LogP contribution in [0, 0.1) is 17.0 Å². The number of hydrogen-bond donors (Lipinski definition) is 1. The molecule has 0 aliphatic heterocycles. The number of nitro groups is 1. The lowest BCUT2D eigenvalue weighted by Gasteiger charge is -2.10. The van der Waals surface area contributed by atoms with E-state index in [0.717, 1.165) is 5.56 Å². The number of hydrogen-bond acceptors (Lipinski definition) is 7. The molecule has 0 saturated carbocycles. The number of rotatable bonds is 8. The molecule has 162 valence electrons. The minimum atomic E-state index is -0.470. The molecule has 10 heteroatoms. The molecule has 0 saturated heterocycles. The molecule has 2 aromatic carbocycles. The van der Waals surface area contributed by atoms with E-state index in [0.29, 0.717) is 34.5 Å². The maximum absolute atomic E-state index is 12.5. The van der Waals surface area contributed by atoms with Crippen molar-refractivity contribution < 1.29 is 14.1 Å². The molecule has 0 radical (unpaired) electrons. The van der Waals surface area contributed by atoms with Gasteiger partial charge in [0.1, 0.15) is 0 Å². The van der Waals surface area contributed by atoms with Gasteiger partial charge in [-0.2, -0.15) is 0 Å². The molecule has 0 bridgehead atoms. The Morgan fingerprint density at radius 3 is 2.66 bits per heavy atom. The summed E-state index contributed by atoms with van der Waals surface area (Å²) in [4.78, 5) is 23.2. The second-order valence-electron chi connectivity index (χ2n) is 6.90. The summed E-state index contributed by atoms with van der Waals surface area (Å²) in [7, 11) is 0. The zero-order chi connectivity index (χ0) is 22.5. The summed E-state index contributed by atoms with van der Waals surface area (Å²) in [5, 5.41) is 22.9. The Labute approximate surface area is 187 Å². The summed E-state index contributed by atoms with van der Waals surface area (Å²) in [5.41, 5.74) is 1.83. The Morgan fingerprint density at radius 1 is 1.12 bits per heavy atom. The Bertz CT molecular complexity index is 1240. The number of amides is 1. The predicted molar refractivity (Wildman–Crippen MR) is 120 cm³/mol. The number of nitro benzene ring substituents is 1. The minimum Gasteiger partial charge on any atom is -0.461 e. The zero-order valence-corrected chi connectivity index (χ0v) is 17.9. The van der Waals surface area contributed by atoms with Gasteiger partial charge in [0.2, 0.25) is 11.7 Å². The number of furan rings is 1. The molecule has 2 heterocycles. The second kappa shape index (κ2) is 9.48. The normalized spacial score (nSPS) is 10.8. The first-order chi connectivity index (χ1) is 15.5. The predicted octanol–water partition coefficient (Wildman–Crippen LogP) is 4.53. The molecular formula is C22H19N5O4S. The summed E-state index contributed by atoms with van der Waals surface area (Å²) in [6, 6.07) is 18.0. The van der Waals surface area contributed by atoms with Crippen LogP contribution >= 0.6 is 11.8 Å². The average molecular weight is 449 g/mol. The molecule has 9 nitrogen and oxygen atoms in total.